The topological polar surface area (TPSA) is 92.7 Å². The molecule has 6 nitrogen and oxygen atoms in total. The van der Waals surface area contributed by atoms with Gasteiger partial charge in [0.2, 0.25) is 0 Å². The summed E-state index contributed by atoms with van der Waals surface area (Å²) in [5, 5.41) is 10.5. The van der Waals surface area contributed by atoms with E-state index >= 15 is 0 Å². The van der Waals surface area contributed by atoms with Crippen LogP contribution in [0.15, 0.2) is 6.07 Å². The van der Waals surface area contributed by atoms with Crippen molar-refractivity contribution < 1.29 is 29.0 Å². The number of halogens is 2. The molecule has 0 amide bonds. The molecule has 0 bridgehead atoms. The van der Waals surface area contributed by atoms with Crippen molar-refractivity contribution in [1.29, 1.82) is 0 Å². The van der Waals surface area contributed by atoms with Gasteiger partial charge in [-0.3, -0.25) is 9.59 Å². The molecule has 8 heteroatoms. The highest BCUT2D eigenvalue weighted by molar-refractivity contribution is 6.45. The first-order valence-corrected chi connectivity index (χ1v) is 7.58. The smallest absolute Gasteiger partial charge is 0.302 e. The van der Waals surface area contributed by atoms with Crippen LogP contribution in [0.3, 0.4) is 0 Å². The Morgan fingerprint density at radius 3 is 2.65 bits per heavy atom. The number of aliphatic carboxylic acids is 1. The van der Waals surface area contributed by atoms with Gasteiger partial charge in [0.1, 0.15) is 17.4 Å². The average molecular weight is 360 g/mol. The molecule has 0 aromatic heterocycles. The lowest BCUT2D eigenvalue weighted by molar-refractivity contribution is -0.307. The first-order chi connectivity index (χ1) is 10.8. The van der Waals surface area contributed by atoms with Gasteiger partial charge in [0, 0.05) is 18.4 Å². The Labute approximate surface area is 142 Å². The zero-order chi connectivity index (χ0) is 17.1. The summed E-state index contributed by atoms with van der Waals surface area (Å²) >= 11 is 12.1. The van der Waals surface area contributed by atoms with E-state index < -0.39 is 18.5 Å². The molecule has 124 valence electrons. The van der Waals surface area contributed by atoms with Crippen molar-refractivity contribution in [3.8, 4) is 5.75 Å². The van der Waals surface area contributed by atoms with Gasteiger partial charge in [0.25, 0.3) is 0 Å². The number of carbonyl (C=O) groups excluding carboxylic acids is 3. The lowest BCUT2D eigenvalue weighted by Gasteiger charge is -2.12. The fourth-order valence-corrected chi connectivity index (χ4v) is 2.97. The Kier molecular flexibility index (Phi) is 5.49. The molecule has 0 saturated heterocycles. The van der Waals surface area contributed by atoms with Crippen LogP contribution in [-0.4, -0.2) is 30.9 Å². The Balaban J connectivity index is 2.19. The number of hydrogen-bond acceptors (Lipinski definition) is 6. The molecule has 1 unspecified atom stereocenters. The number of esters is 1. The number of ketones is 1. The quantitative estimate of drug-likeness (QED) is 0.713. The van der Waals surface area contributed by atoms with Crippen molar-refractivity contribution in [2.75, 3.05) is 13.2 Å². The molecular formula is C15H13Cl2O6-. The van der Waals surface area contributed by atoms with Crippen molar-refractivity contribution in [2.24, 2.45) is 5.92 Å². The van der Waals surface area contributed by atoms with E-state index in [0.29, 0.717) is 24.0 Å². The van der Waals surface area contributed by atoms with Crippen molar-refractivity contribution in [1.82, 2.24) is 0 Å². The minimum atomic E-state index is -1.40. The standard InChI is InChI=1S/C15H14Cl2O6/c1-7(18)22-3-2-8-4-9-5-10(23-6-11(19)20)13(16)14(17)12(9)15(8)21/h5,8H,2-4,6H2,1H3,(H,19,20)/p-1. The van der Waals surface area contributed by atoms with Crippen LogP contribution in [0.4, 0.5) is 0 Å². The number of carboxylic acids is 1. The highest BCUT2D eigenvalue weighted by Crippen LogP contribution is 2.42. The van der Waals surface area contributed by atoms with E-state index in [0.717, 1.165) is 0 Å². The first-order valence-electron chi connectivity index (χ1n) is 6.82. The summed E-state index contributed by atoms with van der Waals surface area (Å²) in [7, 11) is 0. The van der Waals surface area contributed by atoms with Crippen molar-refractivity contribution in [3.63, 3.8) is 0 Å². The van der Waals surface area contributed by atoms with E-state index in [1.165, 1.54) is 13.0 Å². The second-order valence-electron chi connectivity index (χ2n) is 5.09. The number of hydrogen-bond donors (Lipinski definition) is 0. The summed E-state index contributed by atoms with van der Waals surface area (Å²) in [5.41, 5.74) is 0.941. The van der Waals surface area contributed by atoms with Crippen molar-refractivity contribution >= 4 is 40.9 Å². The molecule has 2 rings (SSSR count). The monoisotopic (exact) mass is 359 g/mol. The number of rotatable bonds is 6. The van der Waals surface area contributed by atoms with Crippen LogP contribution < -0.4 is 9.84 Å². The minimum Gasteiger partial charge on any atom is -0.546 e. The van der Waals surface area contributed by atoms with Gasteiger partial charge in [-0.1, -0.05) is 23.2 Å². The highest BCUT2D eigenvalue weighted by Gasteiger charge is 2.34. The lowest BCUT2D eigenvalue weighted by Crippen LogP contribution is -2.29. The third-order valence-corrected chi connectivity index (χ3v) is 4.31. The number of carbonyl (C=O) groups is 3. The maximum Gasteiger partial charge on any atom is 0.302 e. The van der Waals surface area contributed by atoms with Crippen LogP contribution >= 0.6 is 23.2 Å². The maximum absolute atomic E-state index is 12.4. The number of ether oxygens (including phenoxy) is 2. The molecule has 0 heterocycles. The first kappa shape index (κ1) is 17.6. The Hall–Kier alpha value is -1.79. The van der Waals surface area contributed by atoms with E-state index in [9.17, 15) is 19.5 Å². The Morgan fingerprint density at radius 1 is 1.35 bits per heavy atom. The summed E-state index contributed by atoms with van der Waals surface area (Å²) in [4.78, 5) is 33.6. The third kappa shape index (κ3) is 3.95. The molecule has 1 aromatic carbocycles. The fraction of sp³-hybridized carbons (Fsp3) is 0.400. The van der Waals surface area contributed by atoms with Crippen LogP contribution in [0, 0.1) is 5.92 Å². The average Bonchev–Trinajstić information content (AvgIpc) is 2.77. The summed E-state index contributed by atoms with van der Waals surface area (Å²) < 4.78 is 9.87. The lowest BCUT2D eigenvalue weighted by atomic mass is 10.0. The van der Waals surface area contributed by atoms with Crippen LogP contribution in [0.5, 0.6) is 5.75 Å². The van der Waals surface area contributed by atoms with Crippen LogP contribution in [-0.2, 0) is 20.7 Å². The molecule has 0 fully saturated rings. The minimum absolute atomic E-state index is 0.0133. The zero-order valence-electron chi connectivity index (χ0n) is 12.2. The van der Waals surface area contributed by atoms with Crippen LogP contribution in [0.25, 0.3) is 0 Å². The largest absolute Gasteiger partial charge is 0.546 e. The molecule has 1 atom stereocenters. The molecule has 1 aromatic rings. The van der Waals surface area contributed by atoms with Crippen molar-refractivity contribution in [2.45, 2.75) is 19.8 Å². The van der Waals surface area contributed by atoms with Gasteiger partial charge in [0.05, 0.1) is 17.6 Å². The third-order valence-electron chi connectivity index (χ3n) is 3.46. The molecule has 23 heavy (non-hydrogen) atoms. The van der Waals surface area contributed by atoms with Crippen molar-refractivity contribution in [3.05, 3.63) is 27.2 Å². The van der Waals surface area contributed by atoms with Crippen LogP contribution in [0.2, 0.25) is 10.0 Å². The van der Waals surface area contributed by atoms with E-state index in [1.54, 1.807) is 0 Å². The molecular weight excluding hydrogens is 347 g/mol. The van der Waals surface area contributed by atoms with Crippen LogP contribution in [0.1, 0.15) is 29.3 Å². The van der Waals surface area contributed by atoms with Gasteiger partial charge in [-0.2, -0.15) is 0 Å². The molecule has 0 radical (unpaired) electrons. The number of Topliss-reactive ketones (excluding diaryl/α,β-unsaturated/α-hetero) is 1. The van der Waals surface area contributed by atoms with Gasteiger partial charge < -0.3 is 19.4 Å². The number of carboxylic acid groups (broad SMARTS) is 1. The van der Waals surface area contributed by atoms with Gasteiger partial charge in [-0.25, -0.2) is 0 Å². The molecule has 1 aliphatic rings. The van der Waals surface area contributed by atoms with Gasteiger partial charge in [0.15, 0.2) is 5.78 Å². The normalized spacial score (nSPS) is 16.1. The molecule has 1 aliphatic carbocycles. The summed E-state index contributed by atoms with van der Waals surface area (Å²) in [6.07, 6.45) is 0.768. The number of benzene rings is 1. The van der Waals surface area contributed by atoms with E-state index in [-0.39, 0.29) is 34.1 Å². The van der Waals surface area contributed by atoms with E-state index in [2.05, 4.69) is 0 Å². The molecule has 0 saturated carbocycles. The summed E-state index contributed by atoms with van der Waals surface area (Å²) in [6, 6.07) is 1.51. The number of fused-ring (bicyclic) bond motifs is 1. The second kappa shape index (κ2) is 7.19. The Bertz CT molecular complexity index is 670. The van der Waals surface area contributed by atoms with Gasteiger partial charge >= 0.3 is 5.97 Å². The maximum atomic E-state index is 12.4. The highest BCUT2D eigenvalue weighted by atomic mass is 35.5. The molecule has 0 N–H and O–H groups in total. The Morgan fingerprint density at radius 2 is 2.04 bits per heavy atom. The van der Waals surface area contributed by atoms with Gasteiger partial charge in [-0.15, -0.1) is 0 Å². The predicted molar refractivity (Wildman–Crippen MR) is 79.7 cm³/mol. The fourth-order valence-electron chi connectivity index (χ4n) is 2.46. The SMILES string of the molecule is CC(=O)OCCC1Cc2cc(OCC(=O)[O-])c(Cl)c(Cl)c2C1=O. The molecule has 0 aliphatic heterocycles. The van der Waals surface area contributed by atoms with E-state index in [4.69, 9.17) is 32.7 Å². The molecule has 0 spiro atoms. The zero-order valence-corrected chi connectivity index (χ0v) is 13.7. The summed E-state index contributed by atoms with van der Waals surface area (Å²) in [6.45, 7) is 0.764. The van der Waals surface area contributed by atoms with Gasteiger partial charge in [-0.05, 0) is 24.5 Å². The second-order valence-corrected chi connectivity index (χ2v) is 5.85. The predicted octanol–water partition coefficient (Wildman–Crippen LogP) is 1.43. The summed E-state index contributed by atoms with van der Waals surface area (Å²) in [5.74, 6) is -2.26. The van der Waals surface area contributed by atoms with E-state index in [1.807, 2.05) is 0 Å².